The van der Waals surface area contributed by atoms with Crippen LogP contribution in [0.2, 0.25) is 0 Å². The Balaban J connectivity index is 1.50. The van der Waals surface area contributed by atoms with Crippen molar-refractivity contribution in [2.45, 2.75) is 26.8 Å². The smallest absolute Gasteiger partial charge is 0.342 e. The Bertz CT molecular complexity index is 1460. The molecule has 0 unspecified atom stereocenters. The molecule has 2 aromatic heterocycles. The number of ether oxygens (including phenoxy) is 1. The van der Waals surface area contributed by atoms with E-state index in [1.54, 1.807) is 19.9 Å². The number of esters is 1. The molecule has 4 aromatic rings. The molecule has 0 bridgehead atoms. The van der Waals surface area contributed by atoms with E-state index in [0.29, 0.717) is 5.56 Å². The van der Waals surface area contributed by atoms with Gasteiger partial charge in [-0.3, -0.25) is 14.2 Å². The van der Waals surface area contributed by atoms with Crippen molar-refractivity contribution < 1.29 is 18.7 Å². The van der Waals surface area contributed by atoms with Gasteiger partial charge in [0.2, 0.25) is 5.71 Å². The van der Waals surface area contributed by atoms with Gasteiger partial charge in [0.25, 0.3) is 5.56 Å². The number of fused-ring (bicyclic) bond motifs is 4. The fourth-order valence-electron chi connectivity index (χ4n) is 4.24. The van der Waals surface area contributed by atoms with Gasteiger partial charge in [0.15, 0.2) is 5.78 Å². The lowest BCUT2D eigenvalue weighted by Gasteiger charge is -2.07. The molecular weight excluding hydrogens is 408 g/mol. The summed E-state index contributed by atoms with van der Waals surface area (Å²) in [5, 5.41) is 0.0270. The third-order valence-corrected chi connectivity index (χ3v) is 5.77. The van der Waals surface area contributed by atoms with Crippen LogP contribution in [0.1, 0.15) is 44.5 Å². The Morgan fingerprint density at radius 2 is 1.91 bits per heavy atom. The molecule has 0 saturated carbocycles. The molecule has 7 heteroatoms. The maximum absolute atomic E-state index is 13.1. The highest BCUT2D eigenvalue weighted by Gasteiger charge is 2.25. The number of benzene rings is 2. The highest BCUT2D eigenvalue weighted by molar-refractivity contribution is 6.03. The molecular formula is C25H20N2O5. The highest BCUT2D eigenvalue weighted by atomic mass is 16.5. The minimum absolute atomic E-state index is 0.0270. The number of carbonyl (C=O) groups excluding carboxylic acids is 2. The zero-order valence-electron chi connectivity index (χ0n) is 17.7. The first kappa shape index (κ1) is 19.9. The van der Waals surface area contributed by atoms with Gasteiger partial charge in [-0.05, 0) is 48.6 Å². The Hall–Kier alpha value is -4.00. The minimum atomic E-state index is -0.649. The Labute approximate surface area is 183 Å². The molecule has 0 spiro atoms. The van der Waals surface area contributed by atoms with Gasteiger partial charge in [-0.1, -0.05) is 36.4 Å². The van der Waals surface area contributed by atoms with Crippen LogP contribution in [0, 0.1) is 6.92 Å². The van der Waals surface area contributed by atoms with E-state index in [2.05, 4.69) is 17.1 Å². The van der Waals surface area contributed by atoms with Gasteiger partial charge in [-0.2, -0.15) is 0 Å². The van der Waals surface area contributed by atoms with Crippen molar-refractivity contribution in [3.8, 4) is 11.1 Å². The fraction of sp³-hybridized carbons (Fsp3) is 0.200. The maximum atomic E-state index is 13.1. The van der Waals surface area contributed by atoms with Crippen molar-refractivity contribution in [2.75, 3.05) is 6.61 Å². The second-order valence-corrected chi connectivity index (χ2v) is 7.74. The summed E-state index contributed by atoms with van der Waals surface area (Å²) in [6.45, 7) is 3.22. The molecule has 0 amide bonds. The monoisotopic (exact) mass is 428 g/mol. The first-order valence-corrected chi connectivity index (χ1v) is 10.4. The topological polar surface area (TPSA) is 91.4 Å². The lowest BCUT2D eigenvalue weighted by Crippen LogP contribution is -2.25. The number of nitrogens with zero attached hydrogens (tertiary/aromatic N) is 2. The standard InChI is InChI=1S/C25H20N2O5/c1-3-31-25(30)21-14(2)32-23-22(21)24(29)27(13-26-23)12-20(28)17-9-8-16-10-15-6-4-5-7-18(15)19(16)11-17/h4-9,11,13H,3,10,12H2,1-2H3. The van der Waals surface area contributed by atoms with Crippen molar-refractivity contribution in [1.29, 1.82) is 0 Å². The van der Waals surface area contributed by atoms with Gasteiger partial charge in [0, 0.05) is 5.56 Å². The van der Waals surface area contributed by atoms with Gasteiger partial charge in [0.05, 0.1) is 13.2 Å². The van der Waals surface area contributed by atoms with Gasteiger partial charge < -0.3 is 9.15 Å². The summed E-state index contributed by atoms with van der Waals surface area (Å²) in [5.41, 5.74) is 4.68. The summed E-state index contributed by atoms with van der Waals surface area (Å²) in [6.07, 6.45) is 2.11. The van der Waals surface area contributed by atoms with Crippen LogP contribution in [-0.2, 0) is 17.7 Å². The molecule has 0 radical (unpaired) electrons. The van der Waals surface area contributed by atoms with Gasteiger partial charge in [0.1, 0.15) is 23.0 Å². The van der Waals surface area contributed by atoms with E-state index >= 15 is 0 Å². The van der Waals surface area contributed by atoms with E-state index < -0.39 is 11.5 Å². The van der Waals surface area contributed by atoms with E-state index in [4.69, 9.17) is 9.15 Å². The first-order valence-electron chi connectivity index (χ1n) is 10.4. The third kappa shape index (κ3) is 3.13. The number of carbonyl (C=O) groups is 2. The summed E-state index contributed by atoms with van der Waals surface area (Å²) in [4.78, 5) is 42.6. The largest absolute Gasteiger partial charge is 0.462 e. The van der Waals surface area contributed by atoms with Gasteiger partial charge in [-0.25, -0.2) is 9.78 Å². The lowest BCUT2D eigenvalue weighted by atomic mass is 10.0. The Kier molecular flexibility index (Phi) is 4.74. The quantitative estimate of drug-likeness (QED) is 0.311. The van der Waals surface area contributed by atoms with Crippen molar-refractivity contribution in [2.24, 2.45) is 0 Å². The molecule has 1 aliphatic rings. The fourth-order valence-corrected chi connectivity index (χ4v) is 4.24. The second-order valence-electron chi connectivity index (χ2n) is 7.74. The molecule has 5 rings (SSSR count). The average Bonchev–Trinajstić information content (AvgIpc) is 3.32. The predicted molar refractivity (Wildman–Crippen MR) is 118 cm³/mol. The zero-order valence-corrected chi connectivity index (χ0v) is 17.7. The Morgan fingerprint density at radius 1 is 1.12 bits per heavy atom. The van der Waals surface area contributed by atoms with Gasteiger partial charge >= 0.3 is 5.97 Å². The van der Waals surface area contributed by atoms with E-state index in [9.17, 15) is 14.4 Å². The van der Waals surface area contributed by atoms with Crippen LogP contribution in [0.5, 0.6) is 0 Å². The third-order valence-electron chi connectivity index (χ3n) is 5.77. The van der Waals surface area contributed by atoms with Crippen LogP contribution in [0.4, 0.5) is 0 Å². The van der Waals surface area contributed by atoms with E-state index in [1.165, 1.54) is 22.0 Å². The minimum Gasteiger partial charge on any atom is -0.462 e. The molecule has 7 nitrogen and oxygen atoms in total. The molecule has 0 N–H and O–H groups in total. The van der Waals surface area contributed by atoms with Crippen LogP contribution < -0.4 is 5.56 Å². The first-order chi connectivity index (χ1) is 15.5. The number of furan rings is 1. The normalized spacial score (nSPS) is 11.9. The summed E-state index contributed by atoms with van der Waals surface area (Å²) < 4.78 is 11.7. The van der Waals surface area contributed by atoms with Crippen molar-refractivity contribution >= 4 is 22.9 Å². The molecule has 1 aliphatic carbocycles. The zero-order chi connectivity index (χ0) is 22.4. The van der Waals surface area contributed by atoms with E-state index in [-0.39, 0.29) is 41.4 Å². The number of aryl methyl sites for hydroxylation is 1. The average molecular weight is 428 g/mol. The molecule has 32 heavy (non-hydrogen) atoms. The van der Waals surface area contributed by atoms with Crippen LogP contribution in [0.25, 0.3) is 22.2 Å². The van der Waals surface area contributed by atoms with Crippen LogP contribution in [-0.4, -0.2) is 27.9 Å². The van der Waals surface area contributed by atoms with Gasteiger partial charge in [-0.15, -0.1) is 0 Å². The van der Waals surface area contributed by atoms with Crippen LogP contribution in [0.3, 0.4) is 0 Å². The molecule has 0 saturated heterocycles. The number of hydrogen-bond acceptors (Lipinski definition) is 6. The van der Waals surface area contributed by atoms with Crippen molar-refractivity contribution in [1.82, 2.24) is 9.55 Å². The molecule has 0 aliphatic heterocycles. The van der Waals surface area contributed by atoms with E-state index in [1.807, 2.05) is 24.3 Å². The predicted octanol–water partition coefficient (Wildman–Crippen LogP) is 3.93. The maximum Gasteiger partial charge on any atom is 0.342 e. The Morgan fingerprint density at radius 3 is 2.72 bits per heavy atom. The number of ketones is 1. The summed E-state index contributed by atoms with van der Waals surface area (Å²) in [6, 6.07) is 13.8. The SMILES string of the molecule is CCOC(=O)c1c(C)oc2ncn(CC(=O)c3ccc4c(c3)-c3ccccc3C4)c(=O)c12. The number of Topliss-reactive ketones (excluding diaryl/α,β-unsaturated/α-hetero) is 1. The molecule has 2 heterocycles. The number of hydrogen-bond donors (Lipinski definition) is 0. The lowest BCUT2D eigenvalue weighted by molar-refractivity contribution is 0.0526. The second kappa shape index (κ2) is 7.60. The summed E-state index contributed by atoms with van der Waals surface area (Å²) >= 11 is 0. The molecule has 160 valence electrons. The van der Waals surface area contributed by atoms with Crippen molar-refractivity contribution in [3.63, 3.8) is 0 Å². The molecule has 0 fully saturated rings. The van der Waals surface area contributed by atoms with E-state index in [0.717, 1.165) is 17.5 Å². The highest BCUT2D eigenvalue weighted by Crippen LogP contribution is 2.36. The summed E-state index contributed by atoms with van der Waals surface area (Å²) in [7, 11) is 0. The molecule has 2 aromatic carbocycles. The summed E-state index contributed by atoms with van der Waals surface area (Å²) in [5.74, 6) is -0.619. The number of rotatable bonds is 5. The number of aromatic nitrogens is 2. The van der Waals surface area contributed by atoms with Crippen LogP contribution >= 0.6 is 0 Å². The van der Waals surface area contributed by atoms with Crippen molar-refractivity contribution in [3.05, 3.63) is 87.2 Å². The van der Waals surface area contributed by atoms with Crippen LogP contribution in [0.15, 0.2) is 58.0 Å². The molecule has 0 atom stereocenters.